The van der Waals surface area contributed by atoms with Crippen LogP contribution in [0.3, 0.4) is 0 Å². The summed E-state index contributed by atoms with van der Waals surface area (Å²) < 4.78 is 19.4. The van der Waals surface area contributed by atoms with Crippen LogP contribution in [-0.4, -0.2) is 217 Å². The minimum absolute atomic E-state index is 0.0430. The molecule has 0 bridgehead atoms. The first kappa shape index (κ1) is 95.5. The first-order valence-corrected chi connectivity index (χ1v) is 33.9. The van der Waals surface area contributed by atoms with Crippen LogP contribution in [-0.2, 0) is 59.0 Å². The first-order chi connectivity index (χ1) is 47.3. The Morgan fingerprint density at radius 1 is 0.515 bits per heavy atom. The number of nitrogen functional groups attached to an aromatic ring is 2. The monoisotopic (exact) mass is 1500 g/mol. The van der Waals surface area contributed by atoms with Crippen LogP contribution in [0.15, 0.2) is 148 Å². The third-order valence-electron chi connectivity index (χ3n) is 12.8. The van der Waals surface area contributed by atoms with Crippen molar-refractivity contribution in [3.8, 4) is 6.07 Å². The number of alkyl halides is 4. The number of nitrogens with two attached hydrogens (primary N) is 3. The Kier molecular flexibility index (Phi) is 61.6. The predicted molar refractivity (Wildman–Crippen MR) is 405 cm³/mol. The molecule has 2 aliphatic heterocycles. The molecule has 4 aromatic rings. The third kappa shape index (κ3) is 60.1. The van der Waals surface area contributed by atoms with Crippen molar-refractivity contribution in [3.63, 3.8) is 0 Å². The molecule has 4 aromatic carbocycles. The second-order valence-corrected chi connectivity index (χ2v) is 23.2. The number of nitrogens with one attached hydrogen (secondary N) is 5. The topological polar surface area (TPSA) is 328 Å². The second-order valence-electron chi connectivity index (χ2n) is 21.1. The maximum atomic E-state index is 12.4. The van der Waals surface area contributed by atoms with Crippen LogP contribution in [0, 0.1) is 11.3 Å². The summed E-state index contributed by atoms with van der Waals surface area (Å²) in [5.41, 5.74) is 23.1. The molecule has 30 heteroatoms. The minimum atomic E-state index is -0.792. The Balaban J connectivity index is -0.00000114. The fraction of sp³-hybridized carbons (Fsp3) is 0.420. The van der Waals surface area contributed by atoms with Crippen molar-refractivity contribution in [2.75, 3.05) is 179 Å². The van der Waals surface area contributed by atoms with Crippen molar-refractivity contribution in [1.29, 1.82) is 5.26 Å². The Morgan fingerprint density at radius 3 is 1.07 bits per heavy atom. The van der Waals surface area contributed by atoms with Gasteiger partial charge in [-0.05, 0) is 136 Å². The molecule has 0 radical (unpaired) electrons. The molecule has 99 heavy (non-hydrogen) atoms. The number of alkyl carbamates (subject to hydrolysis) is 3. The molecule has 5 amide bonds. The highest BCUT2D eigenvalue weighted by Gasteiger charge is 2.29. The second kappa shape index (κ2) is 63.8. The van der Waals surface area contributed by atoms with Crippen molar-refractivity contribution in [2.24, 2.45) is 5.73 Å². The molecular weight excluding hydrogens is 1400 g/mol. The number of halogens is 6. The zero-order valence-electron chi connectivity index (χ0n) is 57.6. The van der Waals surface area contributed by atoms with E-state index in [1.807, 2.05) is 84.9 Å². The van der Waals surface area contributed by atoms with Gasteiger partial charge in [-0.25, -0.2) is 19.2 Å². The predicted octanol–water partition coefficient (Wildman–Crippen LogP) is 10.6. The Labute approximate surface area is 615 Å². The van der Waals surface area contributed by atoms with E-state index in [0.29, 0.717) is 51.3 Å². The van der Waals surface area contributed by atoms with E-state index < -0.39 is 29.0 Å². The molecule has 24 nitrogen and oxygen atoms in total. The van der Waals surface area contributed by atoms with Crippen molar-refractivity contribution in [1.82, 2.24) is 30.7 Å². The fourth-order valence-electron chi connectivity index (χ4n) is 7.51. The molecule has 0 spiro atoms. The largest absolute Gasteiger partial charge is 0.449 e. The van der Waals surface area contributed by atoms with Crippen LogP contribution >= 0.6 is 69.6 Å². The number of carbonyl (C=O) groups is 7. The molecule has 0 saturated carbocycles. The maximum absolute atomic E-state index is 12.4. The normalized spacial score (nSPS) is 12.2. The lowest BCUT2D eigenvalue weighted by Crippen LogP contribution is -2.58. The van der Waals surface area contributed by atoms with E-state index in [0.717, 1.165) is 77.3 Å². The summed E-state index contributed by atoms with van der Waals surface area (Å²) in [6, 6.07) is 32.1. The van der Waals surface area contributed by atoms with Gasteiger partial charge in [-0.1, -0.05) is 99.2 Å². The number of carbonyl (C=O) groups excluding carboxylic acids is 7. The lowest BCUT2D eigenvalue weighted by Gasteiger charge is -2.40. The van der Waals surface area contributed by atoms with Crippen LogP contribution in [0.2, 0.25) is 0 Å². The molecule has 0 aliphatic carbocycles. The smallest absolute Gasteiger partial charge is 0.407 e. The average molecular weight is 1500 g/mol. The van der Waals surface area contributed by atoms with E-state index in [9.17, 15) is 33.6 Å². The highest BCUT2D eigenvalue weighted by molar-refractivity contribution is 6.67. The summed E-state index contributed by atoms with van der Waals surface area (Å²) in [6.45, 7) is 27.6. The molecule has 11 N–H and O–H groups in total. The van der Waals surface area contributed by atoms with Gasteiger partial charge in [0.1, 0.15) is 32.3 Å². The number of likely N-dealkylation sites (N-methyl/N-ethyl adjacent to an activating group) is 4. The first-order valence-electron chi connectivity index (χ1n) is 31.0. The highest BCUT2D eigenvalue weighted by Crippen LogP contribution is 2.14. The van der Waals surface area contributed by atoms with E-state index in [2.05, 4.69) is 101 Å². The average Bonchev–Trinajstić information content (AvgIpc) is 0.867. The van der Waals surface area contributed by atoms with Gasteiger partial charge in [0.05, 0.1) is 37.4 Å². The van der Waals surface area contributed by atoms with Gasteiger partial charge >= 0.3 is 23.7 Å². The van der Waals surface area contributed by atoms with Crippen molar-refractivity contribution < 1.29 is 57.0 Å². The van der Waals surface area contributed by atoms with Crippen molar-refractivity contribution >= 4 is 133 Å². The van der Waals surface area contributed by atoms with Gasteiger partial charge in [-0.3, -0.25) is 19.3 Å². The number of rotatable bonds is 25. The number of anilines is 4. The van der Waals surface area contributed by atoms with E-state index in [1.165, 1.54) is 63.0 Å². The number of nitrogens with zero attached hydrogens (tertiary/aromatic N) is 5. The number of amides is 5. The van der Waals surface area contributed by atoms with Crippen molar-refractivity contribution in [2.45, 2.75) is 32.6 Å². The van der Waals surface area contributed by atoms with E-state index in [1.54, 1.807) is 18.2 Å². The molecule has 2 aliphatic rings. The lowest BCUT2D eigenvalue weighted by molar-refractivity contribution is -0.905. The van der Waals surface area contributed by atoms with Gasteiger partial charge in [0, 0.05) is 100 Å². The van der Waals surface area contributed by atoms with Gasteiger partial charge in [-0.2, -0.15) is 5.26 Å². The number of benzene rings is 4. The number of nitriles is 1. The summed E-state index contributed by atoms with van der Waals surface area (Å²) in [5.74, 6) is -0.368. The summed E-state index contributed by atoms with van der Waals surface area (Å²) in [4.78, 5) is 83.2. The number of hydrogen-bond donors (Lipinski definition) is 8. The lowest BCUT2D eigenvalue weighted by atomic mass is 10.1. The van der Waals surface area contributed by atoms with Crippen LogP contribution in [0.25, 0.3) is 0 Å². The summed E-state index contributed by atoms with van der Waals surface area (Å²) >= 11 is 29.2. The van der Waals surface area contributed by atoms with Gasteiger partial charge in [0.2, 0.25) is 11.1 Å². The molecule has 0 unspecified atom stereocenters. The van der Waals surface area contributed by atoms with E-state index in [4.69, 9.17) is 106 Å². The van der Waals surface area contributed by atoms with Gasteiger partial charge in [0.25, 0.3) is 5.91 Å². The number of quaternary nitrogens is 1. The zero-order chi connectivity index (χ0) is 75.1. The van der Waals surface area contributed by atoms with Crippen LogP contribution in [0.1, 0.15) is 29.2 Å². The summed E-state index contributed by atoms with van der Waals surface area (Å²) in [5, 5.41) is 20.6. The quantitative estimate of drug-likeness (QED) is 0.00763. The molecule has 2 fully saturated rings. The molecule has 2 heterocycles. The molecular formula is C69H102Cl6N13O11+. The summed E-state index contributed by atoms with van der Waals surface area (Å²) in [6.07, 6.45) is 7.73. The minimum Gasteiger partial charge on any atom is -0.449 e. The molecule has 2 saturated heterocycles. The molecule has 0 atom stereocenters. The summed E-state index contributed by atoms with van der Waals surface area (Å²) in [7, 11) is 8.60. The molecule has 6 rings (SSSR count). The third-order valence-corrected chi connectivity index (χ3v) is 13.6. The standard InChI is InChI=1S/C20H30N4O3.C14H17ClN2O3.C12H16N2O2.C8H12N2.C6H14N2.C4H5ClO2.C2H2Cl2O.C2H3N.CH2Cl2/c1-4-15-27-20(26)21-10-9-17-5-7-18(8-6-17)22-19(25)16-24(3)13-11-23(2)12-14-24;1-2-9-20-14(19)16-8-7-11-3-5-12(6-4-11)17-13(18)10-15;1-2-9-16-12(15)14-8-7-10-3-5-11(13)6-4-10;9-6-5-7-1-3-8(10)4-2-7;1-7-3-5-8(2)6-4-7;1-2-3-7-4(5)6;3-1-2(4)5;1-2-3;2-1-3/h4-8H,1,9-16H2,2-3H3,(H-,21,22,25,26);2-6H,1,7-10H2,(H,16,19)(H,17,18);2-6H,1,7-9,13H2,(H,14,15);1-4H,5-6,9-10H2;3-6H2,1-2H3;2H,1,3H2;1H2;1H3;1H2/p+1. The van der Waals surface area contributed by atoms with Crippen LogP contribution in [0.4, 0.5) is 41.9 Å². The Hall–Kier alpha value is -7.64. The Morgan fingerprint density at radius 2 is 0.798 bits per heavy atom. The van der Waals surface area contributed by atoms with Gasteiger partial charge < -0.3 is 77.0 Å². The van der Waals surface area contributed by atoms with Crippen LogP contribution < -0.4 is 43.8 Å². The number of ether oxygens (including phenoxy) is 4. The van der Waals surface area contributed by atoms with Crippen LogP contribution in [0.5, 0.6) is 0 Å². The zero-order valence-corrected chi connectivity index (χ0v) is 62.1. The maximum Gasteiger partial charge on any atom is 0.407 e. The Bertz CT molecular complexity index is 2890. The van der Waals surface area contributed by atoms with Gasteiger partial charge in [0.15, 0.2) is 6.54 Å². The fourth-order valence-corrected chi connectivity index (χ4v) is 7.64. The van der Waals surface area contributed by atoms with E-state index >= 15 is 0 Å². The van der Waals surface area contributed by atoms with Crippen molar-refractivity contribution in [3.05, 3.63) is 170 Å². The highest BCUT2D eigenvalue weighted by atomic mass is 35.5. The molecule has 550 valence electrons. The SMILES string of the molecule is C=CCOC(=O)Cl.C=CCOC(=O)NCCc1ccc(N)cc1.C=CCOC(=O)NCCc1ccc(NC(=O)CCl)cc1.C=CCOC(=O)NCCc1ccc(NC(=O)C[N+]2(C)CCN(C)CC2)cc1.CC#N.CN1CCN(C)CC1.ClCCl.NCCc1ccc(N)cc1.O=C(Cl)CCl. The van der Waals surface area contributed by atoms with E-state index in [-0.39, 0.29) is 55.3 Å². The molecule has 0 aromatic heterocycles. The number of hydrogen-bond acceptors (Lipinski definition) is 18. The van der Waals surface area contributed by atoms with Gasteiger partial charge in [-0.15, -0.1) is 46.4 Å². The number of piperazine rings is 2.